The lowest BCUT2D eigenvalue weighted by Crippen LogP contribution is -2.46. The van der Waals surface area contributed by atoms with Gasteiger partial charge in [0.25, 0.3) is 5.91 Å². The molecule has 1 aromatic heterocycles. The van der Waals surface area contributed by atoms with Crippen LogP contribution in [0.2, 0.25) is 0 Å². The van der Waals surface area contributed by atoms with E-state index in [9.17, 15) is 4.79 Å². The molecule has 0 saturated carbocycles. The van der Waals surface area contributed by atoms with Gasteiger partial charge in [0.2, 0.25) is 0 Å². The third-order valence-corrected chi connectivity index (χ3v) is 3.00. The summed E-state index contributed by atoms with van der Waals surface area (Å²) in [4.78, 5) is 15.2. The molecule has 19 heavy (non-hydrogen) atoms. The number of nitrogens with two attached hydrogens (primary N) is 1. The average Bonchev–Trinajstić information content (AvgIpc) is 2.46. The van der Waals surface area contributed by atoms with Crippen LogP contribution in [0.3, 0.4) is 0 Å². The molecule has 1 unspecified atom stereocenters. The molecule has 2 heterocycles. The van der Waals surface area contributed by atoms with Gasteiger partial charge in [0.05, 0.1) is 12.7 Å². The SMILES string of the molecule is CN(C)C(=O)c1ccc(N2CCOC(CN)C2)nn1. The van der Waals surface area contributed by atoms with E-state index >= 15 is 0 Å². The highest BCUT2D eigenvalue weighted by molar-refractivity contribution is 5.91. The second-order valence-electron chi connectivity index (χ2n) is 4.65. The van der Waals surface area contributed by atoms with E-state index in [0.717, 1.165) is 12.4 Å². The summed E-state index contributed by atoms with van der Waals surface area (Å²) in [6.07, 6.45) is 0.0265. The van der Waals surface area contributed by atoms with Crippen molar-refractivity contribution in [3.8, 4) is 0 Å². The third-order valence-electron chi connectivity index (χ3n) is 3.00. The molecule has 7 nitrogen and oxygen atoms in total. The molecule has 2 rings (SSSR count). The first-order chi connectivity index (χ1) is 9.11. The average molecular weight is 265 g/mol. The Morgan fingerprint density at radius 3 is 2.89 bits per heavy atom. The number of carbonyl (C=O) groups excluding carboxylic acids is 1. The fourth-order valence-electron chi connectivity index (χ4n) is 1.91. The zero-order valence-corrected chi connectivity index (χ0v) is 11.2. The van der Waals surface area contributed by atoms with Crippen LogP contribution >= 0.6 is 0 Å². The molecule has 7 heteroatoms. The zero-order chi connectivity index (χ0) is 13.8. The fraction of sp³-hybridized carbons (Fsp3) is 0.583. The Balaban J connectivity index is 2.07. The molecule has 1 fully saturated rings. The summed E-state index contributed by atoms with van der Waals surface area (Å²) in [5.74, 6) is 0.595. The first-order valence-corrected chi connectivity index (χ1v) is 6.24. The summed E-state index contributed by atoms with van der Waals surface area (Å²) in [6, 6.07) is 3.50. The maximum Gasteiger partial charge on any atom is 0.273 e. The van der Waals surface area contributed by atoms with Gasteiger partial charge in [-0.1, -0.05) is 0 Å². The van der Waals surface area contributed by atoms with E-state index in [2.05, 4.69) is 15.1 Å². The van der Waals surface area contributed by atoms with E-state index in [1.54, 1.807) is 20.2 Å². The van der Waals surface area contributed by atoms with Gasteiger partial charge in [0.15, 0.2) is 11.5 Å². The summed E-state index contributed by atoms with van der Waals surface area (Å²) in [6.45, 7) is 2.57. The van der Waals surface area contributed by atoms with Gasteiger partial charge in [0, 0.05) is 33.7 Å². The number of carbonyl (C=O) groups is 1. The van der Waals surface area contributed by atoms with Crippen LogP contribution in [0.4, 0.5) is 5.82 Å². The highest BCUT2D eigenvalue weighted by atomic mass is 16.5. The number of anilines is 1. The van der Waals surface area contributed by atoms with Crippen LogP contribution in [0.25, 0.3) is 0 Å². The second-order valence-corrected chi connectivity index (χ2v) is 4.65. The number of hydrogen-bond donors (Lipinski definition) is 1. The standard InChI is InChI=1S/C12H19N5O2/c1-16(2)12(18)10-3-4-11(15-14-10)17-5-6-19-9(7-13)8-17/h3-4,9H,5-8,13H2,1-2H3. The van der Waals surface area contributed by atoms with Crippen LogP contribution in [0.5, 0.6) is 0 Å². The third kappa shape index (κ3) is 3.18. The van der Waals surface area contributed by atoms with Gasteiger partial charge in [0.1, 0.15) is 0 Å². The molecule has 0 bridgehead atoms. The first-order valence-electron chi connectivity index (χ1n) is 6.24. The lowest BCUT2D eigenvalue weighted by atomic mass is 10.2. The van der Waals surface area contributed by atoms with Crippen molar-refractivity contribution >= 4 is 11.7 Å². The molecule has 0 aliphatic carbocycles. The summed E-state index contributed by atoms with van der Waals surface area (Å²) < 4.78 is 5.50. The predicted molar refractivity (Wildman–Crippen MR) is 71.1 cm³/mol. The Hall–Kier alpha value is -1.73. The van der Waals surface area contributed by atoms with E-state index in [0.29, 0.717) is 25.4 Å². The van der Waals surface area contributed by atoms with Crippen molar-refractivity contribution < 1.29 is 9.53 Å². The smallest absolute Gasteiger partial charge is 0.273 e. The Bertz CT molecular complexity index is 434. The van der Waals surface area contributed by atoms with Gasteiger partial charge in [-0.15, -0.1) is 10.2 Å². The highest BCUT2D eigenvalue weighted by Gasteiger charge is 2.21. The van der Waals surface area contributed by atoms with E-state index in [1.807, 2.05) is 6.07 Å². The first kappa shape index (κ1) is 13.7. The monoisotopic (exact) mass is 265 g/mol. The number of hydrogen-bond acceptors (Lipinski definition) is 6. The fourth-order valence-corrected chi connectivity index (χ4v) is 1.91. The lowest BCUT2D eigenvalue weighted by molar-refractivity contribution is 0.0462. The topological polar surface area (TPSA) is 84.6 Å². The Labute approximate surface area is 112 Å². The highest BCUT2D eigenvalue weighted by Crippen LogP contribution is 2.14. The second kappa shape index (κ2) is 5.94. The number of nitrogens with zero attached hydrogens (tertiary/aromatic N) is 4. The molecule has 1 aliphatic rings. The van der Waals surface area contributed by atoms with Crippen molar-refractivity contribution in [3.63, 3.8) is 0 Å². The van der Waals surface area contributed by atoms with Crippen molar-refractivity contribution in [2.75, 3.05) is 45.2 Å². The van der Waals surface area contributed by atoms with Gasteiger partial charge in [-0.3, -0.25) is 4.79 Å². The molecule has 1 aromatic rings. The molecular weight excluding hydrogens is 246 g/mol. The minimum absolute atomic E-state index is 0.0265. The summed E-state index contributed by atoms with van der Waals surface area (Å²) >= 11 is 0. The Kier molecular flexibility index (Phi) is 4.28. The van der Waals surface area contributed by atoms with Crippen LogP contribution < -0.4 is 10.6 Å². The molecule has 0 aromatic carbocycles. The Morgan fingerprint density at radius 1 is 1.53 bits per heavy atom. The molecule has 2 N–H and O–H groups in total. The molecule has 0 spiro atoms. The maximum absolute atomic E-state index is 11.7. The minimum Gasteiger partial charge on any atom is -0.373 e. The number of amides is 1. The summed E-state index contributed by atoms with van der Waals surface area (Å²) in [5.41, 5.74) is 5.95. The normalized spacial score (nSPS) is 19.3. The molecular formula is C12H19N5O2. The minimum atomic E-state index is -0.152. The molecule has 104 valence electrons. The number of aromatic nitrogens is 2. The van der Waals surface area contributed by atoms with E-state index in [4.69, 9.17) is 10.5 Å². The quantitative estimate of drug-likeness (QED) is 0.781. The van der Waals surface area contributed by atoms with E-state index in [1.165, 1.54) is 4.90 Å². The Morgan fingerprint density at radius 2 is 2.32 bits per heavy atom. The van der Waals surface area contributed by atoms with Gasteiger partial charge in [-0.05, 0) is 12.1 Å². The van der Waals surface area contributed by atoms with Crippen LogP contribution in [-0.2, 0) is 4.74 Å². The number of rotatable bonds is 3. The van der Waals surface area contributed by atoms with Gasteiger partial charge < -0.3 is 20.3 Å². The van der Waals surface area contributed by atoms with Crippen LogP contribution in [0.1, 0.15) is 10.5 Å². The van der Waals surface area contributed by atoms with Crippen molar-refractivity contribution in [2.24, 2.45) is 5.73 Å². The molecule has 0 radical (unpaired) electrons. The van der Waals surface area contributed by atoms with Crippen LogP contribution in [0, 0.1) is 0 Å². The van der Waals surface area contributed by atoms with Gasteiger partial charge in [-0.2, -0.15) is 0 Å². The van der Waals surface area contributed by atoms with Gasteiger partial charge >= 0.3 is 0 Å². The van der Waals surface area contributed by atoms with Crippen molar-refractivity contribution in [1.29, 1.82) is 0 Å². The van der Waals surface area contributed by atoms with Crippen molar-refractivity contribution in [3.05, 3.63) is 17.8 Å². The van der Waals surface area contributed by atoms with Crippen molar-refractivity contribution in [2.45, 2.75) is 6.10 Å². The van der Waals surface area contributed by atoms with Crippen LogP contribution in [0.15, 0.2) is 12.1 Å². The molecule has 1 saturated heterocycles. The number of ether oxygens (including phenoxy) is 1. The maximum atomic E-state index is 11.7. The van der Waals surface area contributed by atoms with Crippen molar-refractivity contribution in [1.82, 2.24) is 15.1 Å². The van der Waals surface area contributed by atoms with E-state index < -0.39 is 0 Å². The molecule has 1 atom stereocenters. The van der Waals surface area contributed by atoms with E-state index in [-0.39, 0.29) is 12.0 Å². The molecule has 1 amide bonds. The van der Waals surface area contributed by atoms with Gasteiger partial charge in [-0.25, -0.2) is 0 Å². The largest absolute Gasteiger partial charge is 0.373 e. The summed E-state index contributed by atoms with van der Waals surface area (Å²) in [5, 5.41) is 8.08. The van der Waals surface area contributed by atoms with Crippen LogP contribution in [-0.4, -0.2) is 67.4 Å². The summed E-state index contributed by atoms with van der Waals surface area (Å²) in [7, 11) is 3.37. The zero-order valence-electron chi connectivity index (χ0n) is 11.2. The number of morpholine rings is 1. The lowest BCUT2D eigenvalue weighted by Gasteiger charge is -2.32. The molecule has 1 aliphatic heterocycles. The predicted octanol–water partition coefficient (Wildman–Crippen LogP) is -0.658.